The van der Waals surface area contributed by atoms with Crippen LogP contribution in [0.15, 0.2) is 22.9 Å². The van der Waals surface area contributed by atoms with Crippen molar-refractivity contribution in [1.29, 1.82) is 0 Å². The van der Waals surface area contributed by atoms with E-state index in [-0.39, 0.29) is 23.1 Å². The monoisotopic (exact) mass is 393 g/mol. The van der Waals surface area contributed by atoms with Gasteiger partial charge >= 0.3 is 0 Å². The van der Waals surface area contributed by atoms with Gasteiger partial charge in [0.25, 0.3) is 0 Å². The van der Waals surface area contributed by atoms with E-state index in [1.165, 1.54) is 12.3 Å². The highest BCUT2D eigenvalue weighted by atomic mass is 32.2. The van der Waals surface area contributed by atoms with Crippen LogP contribution in [0.1, 0.15) is 24.7 Å². The zero-order valence-corrected chi connectivity index (χ0v) is 15.7. The quantitative estimate of drug-likeness (QED) is 0.706. The van der Waals surface area contributed by atoms with Crippen molar-refractivity contribution >= 4 is 20.7 Å². The maximum atomic E-state index is 14.3. The Morgan fingerprint density at radius 1 is 1.33 bits per heavy atom. The Kier molecular flexibility index (Phi) is 4.68. The summed E-state index contributed by atoms with van der Waals surface area (Å²) >= 11 is 0. The van der Waals surface area contributed by atoms with Gasteiger partial charge in [-0.15, -0.1) is 0 Å². The number of nitrogens with zero attached hydrogens (tertiary/aromatic N) is 4. The third kappa shape index (κ3) is 3.86. The second-order valence-electron chi connectivity index (χ2n) is 6.96. The van der Waals surface area contributed by atoms with Gasteiger partial charge in [0.1, 0.15) is 15.7 Å². The molecule has 8 nitrogen and oxygen atoms in total. The number of aromatic nitrogens is 4. The molecular formula is C17H20FN5O3S. The number of rotatable bonds is 5. The van der Waals surface area contributed by atoms with E-state index < -0.39 is 15.7 Å². The standard InChI is InChI=1S/C17H20FN5O3S/c1-27(24,25)9-8-23-6-4-11(5-7-23)17-20-16(22-26-17)15-12-10-19-21-14(12)3-2-13(15)18/h2-3,10-11H,4-9H2,1H3,(H,19,21). The van der Waals surface area contributed by atoms with Gasteiger partial charge in [-0.05, 0) is 38.1 Å². The predicted octanol–water partition coefficient (Wildman–Crippen LogP) is 1.98. The van der Waals surface area contributed by atoms with Crippen molar-refractivity contribution in [3.8, 4) is 11.4 Å². The molecule has 0 radical (unpaired) electrons. The first kappa shape index (κ1) is 18.1. The molecule has 0 atom stereocenters. The first-order valence-electron chi connectivity index (χ1n) is 8.76. The van der Waals surface area contributed by atoms with Gasteiger partial charge in [-0.2, -0.15) is 10.1 Å². The second kappa shape index (κ2) is 7.01. The van der Waals surface area contributed by atoms with Gasteiger partial charge < -0.3 is 9.42 Å². The Labute approximate surface area is 155 Å². The molecule has 3 heterocycles. The lowest BCUT2D eigenvalue weighted by Crippen LogP contribution is -2.36. The summed E-state index contributed by atoms with van der Waals surface area (Å²) in [5.74, 6) is 0.539. The molecule has 1 fully saturated rings. The van der Waals surface area contributed by atoms with E-state index in [0.29, 0.717) is 23.3 Å². The highest BCUT2D eigenvalue weighted by Crippen LogP contribution is 2.32. The van der Waals surface area contributed by atoms with Crippen molar-refractivity contribution in [1.82, 2.24) is 25.2 Å². The van der Waals surface area contributed by atoms with Gasteiger partial charge in [0.15, 0.2) is 0 Å². The molecule has 1 aliphatic rings. The smallest absolute Gasteiger partial charge is 0.230 e. The van der Waals surface area contributed by atoms with Gasteiger partial charge in [-0.1, -0.05) is 5.16 Å². The molecule has 0 bridgehead atoms. The molecule has 144 valence electrons. The summed E-state index contributed by atoms with van der Waals surface area (Å²) in [5.41, 5.74) is 0.985. The third-order valence-electron chi connectivity index (χ3n) is 4.95. The van der Waals surface area contributed by atoms with Gasteiger partial charge in [0.05, 0.1) is 23.0 Å². The highest BCUT2D eigenvalue weighted by Gasteiger charge is 2.27. The predicted molar refractivity (Wildman–Crippen MR) is 97.5 cm³/mol. The van der Waals surface area contributed by atoms with Gasteiger partial charge in [-0.25, -0.2) is 12.8 Å². The molecule has 0 spiro atoms. The van der Waals surface area contributed by atoms with Crippen LogP contribution in [0.2, 0.25) is 0 Å². The molecule has 27 heavy (non-hydrogen) atoms. The number of aromatic amines is 1. The SMILES string of the molecule is CS(=O)(=O)CCN1CCC(c2nc(-c3c(F)ccc4[nH]ncc34)no2)CC1. The lowest BCUT2D eigenvalue weighted by Gasteiger charge is -2.29. The van der Waals surface area contributed by atoms with Crippen LogP contribution in [0.4, 0.5) is 4.39 Å². The van der Waals surface area contributed by atoms with Crippen LogP contribution in [0.5, 0.6) is 0 Å². The molecule has 0 aliphatic carbocycles. The zero-order valence-electron chi connectivity index (χ0n) is 14.9. The van der Waals surface area contributed by atoms with Crippen molar-refractivity contribution in [3.63, 3.8) is 0 Å². The fraction of sp³-hybridized carbons (Fsp3) is 0.471. The number of hydrogen-bond donors (Lipinski definition) is 1. The van der Waals surface area contributed by atoms with Gasteiger partial charge in [0.2, 0.25) is 11.7 Å². The normalized spacial score (nSPS) is 17.0. The molecule has 0 saturated carbocycles. The first-order chi connectivity index (χ1) is 12.9. The summed E-state index contributed by atoms with van der Waals surface area (Å²) in [5, 5.41) is 11.3. The van der Waals surface area contributed by atoms with E-state index >= 15 is 0 Å². The highest BCUT2D eigenvalue weighted by molar-refractivity contribution is 7.90. The number of likely N-dealkylation sites (tertiary alicyclic amines) is 1. The maximum Gasteiger partial charge on any atom is 0.230 e. The first-order valence-corrected chi connectivity index (χ1v) is 10.8. The molecular weight excluding hydrogens is 373 g/mol. The summed E-state index contributed by atoms with van der Waals surface area (Å²) < 4.78 is 42.4. The Bertz CT molecular complexity index is 1050. The minimum Gasteiger partial charge on any atom is -0.339 e. The minimum atomic E-state index is -2.96. The summed E-state index contributed by atoms with van der Waals surface area (Å²) in [4.78, 5) is 6.56. The van der Waals surface area contributed by atoms with Crippen LogP contribution in [0, 0.1) is 5.82 Å². The van der Waals surface area contributed by atoms with E-state index in [9.17, 15) is 12.8 Å². The second-order valence-corrected chi connectivity index (χ2v) is 9.22. The molecule has 0 amide bonds. The average Bonchev–Trinajstić information content (AvgIpc) is 3.29. The van der Waals surface area contributed by atoms with Gasteiger partial charge in [-0.3, -0.25) is 5.10 Å². The molecule has 3 aromatic rings. The molecule has 10 heteroatoms. The summed E-state index contributed by atoms with van der Waals surface area (Å²) in [6, 6.07) is 2.97. The fourth-order valence-corrected chi connectivity index (χ4v) is 4.01. The fourth-order valence-electron chi connectivity index (χ4n) is 3.42. The van der Waals surface area contributed by atoms with Crippen LogP contribution < -0.4 is 0 Å². The Morgan fingerprint density at radius 3 is 2.85 bits per heavy atom. The van der Waals surface area contributed by atoms with E-state index in [1.54, 1.807) is 12.3 Å². The number of sulfone groups is 1. The number of fused-ring (bicyclic) bond motifs is 1. The summed E-state index contributed by atoms with van der Waals surface area (Å²) in [6.45, 7) is 2.07. The molecule has 2 aromatic heterocycles. The molecule has 0 unspecified atom stereocenters. The van der Waals surface area contributed by atoms with Crippen LogP contribution >= 0.6 is 0 Å². The number of H-pyrrole nitrogens is 1. The minimum absolute atomic E-state index is 0.0901. The molecule has 1 saturated heterocycles. The zero-order chi connectivity index (χ0) is 19.0. The lowest BCUT2D eigenvalue weighted by atomic mass is 9.97. The molecule has 1 aliphatic heterocycles. The van der Waals surface area contributed by atoms with Crippen molar-refractivity contribution in [2.75, 3.05) is 31.6 Å². The maximum absolute atomic E-state index is 14.3. The van der Waals surface area contributed by atoms with E-state index in [1.807, 2.05) is 0 Å². The lowest BCUT2D eigenvalue weighted by molar-refractivity contribution is 0.203. The average molecular weight is 393 g/mol. The van der Waals surface area contributed by atoms with Crippen LogP contribution in [0.25, 0.3) is 22.3 Å². The number of piperidine rings is 1. The van der Waals surface area contributed by atoms with E-state index in [0.717, 1.165) is 25.9 Å². The Balaban J connectivity index is 1.48. The molecule has 1 aromatic carbocycles. The largest absolute Gasteiger partial charge is 0.339 e. The van der Waals surface area contributed by atoms with Crippen molar-refractivity contribution in [3.05, 3.63) is 30.0 Å². The Hall–Kier alpha value is -2.33. The number of nitrogens with one attached hydrogen (secondary N) is 1. The van der Waals surface area contributed by atoms with Crippen molar-refractivity contribution in [2.45, 2.75) is 18.8 Å². The van der Waals surface area contributed by atoms with Crippen LogP contribution in [-0.4, -0.2) is 65.3 Å². The summed E-state index contributed by atoms with van der Waals surface area (Å²) in [7, 11) is -2.96. The Morgan fingerprint density at radius 2 is 2.11 bits per heavy atom. The van der Waals surface area contributed by atoms with E-state index in [4.69, 9.17) is 4.52 Å². The number of hydrogen-bond acceptors (Lipinski definition) is 7. The molecule has 4 rings (SSSR count). The van der Waals surface area contributed by atoms with E-state index in [2.05, 4.69) is 25.2 Å². The number of halogens is 1. The van der Waals surface area contributed by atoms with Crippen molar-refractivity contribution in [2.24, 2.45) is 0 Å². The van der Waals surface area contributed by atoms with Crippen LogP contribution in [-0.2, 0) is 9.84 Å². The third-order valence-corrected chi connectivity index (χ3v) is 5.88. The van der Waals surface area contributed by atoms with Crippen LogP contribution in [0.3, 0.4) is 0 Å². The number of benzene rings is 1. The van der Waals surface area contributed by atoms with Crippen molar-refractivity contribution < 1.29 is 17.3 Å². The topological polar surface area (TPSA) is 105 Å². The van der Waals surface area contributed by atoms with Gasteiger partial charge in [0, 0.05) is 24.1 Å². The molecule has 1 N–H and O–H groups in total. The summed E-state index contributed by atoms with van der Waals surface area (Å²) in [6.07, 6.45) is 4.39.